The average Bonchev–Trinajstić information content (AvgIpc) is 1.69. The number of carbonyl (C=O) groups excluding carboxylic acids is 16. The molecule has 0 aliphatic rings. The van der Waals surface area contributed by atoms with Crippen LogP contribution in [0.1, 0.15) is 179 Å². The number of aliphatic hydroxyl groups is 1. The van der Waals surface area contributed by atoms with Gasteiger partial charge in [0.1, 0.15) is 84.6 Å². The van der Waals surface area contributed by atoms with E-state index in [-0.39, 0.29) is 106 Å². The van der Waals surface area contributed by atoms with E-state index in [0.29, 0.717) is 38.5 Å². The molecule has 4 heterocycles. The van der Waals surface area contributed by atoms with E-state index in [1.807, 2.05) is 133 Å². The maximum absolute atomic E-state index is 15.6. The number of H-pyrrole nitrogens is 4. The summed E-state index contributed by atoms with van der Waals surface area (Å²) in [5, 5.41) is 56.9. The summed E-state index contributed by atoms with van der Waals surface area (Å²) in [6.45, 7) is 29.8. The van der Waals surface area contributed by atoms with Gasteiger partial charge in [-0.1, -0.05) is 184 Å². The summed E-state index contributed by atoms with van der Waals surface area (Å²) in [4.78, 5) is 243. The third-order valence-corrected chi connectivity index (χ3v) is 24.2. The number of hydrogen-bond acceptors (Lipinski definition) is 18. The van der Waals surface area contributed by atoms with Crippen LogP contribution in [0.4, 0.5) is 0 Å². The molecular formula is C101H144N20O17S. The standard InChI is InChI=1S/C101H144N20O17S/c1-52(2)39-74(110-88(125)60(17)108-83(124)51-107-98(135)84(56(9)10)118-82(123)35-38-139)91(128)109-61(18)89(126)119-86(58(13)14)100(137)121-87(59(15)16)101(138)120-85(57(11)12)99(136)117-81(46-65-50-106-73-34-26-22-30-69(65)73)97(134)113-77(42-55(7)8)94(131)116-80(45-64-49-105-72-33-25-21-29-68(64)72)96(133)112-76(41-54(5)6)93(130)115-79(44-63-48-104-71-32-24-20-28-67(63)71)95(132)111-75(40-53(3)4)92(129)114-78(90(127)102-36-37-122)43-62-47-103-70-31-23-19-27-66(62)70/h19-34,47-50,52-61,74-81,84-87,103-106,122,139H,35-46,51H2,1-18H3,(H,102,127)(H,107,135)(H,108,124)(H,109,128)(H,110,125)(H,111,132)(H,112,133)(H,113,134)(H,114,129)(H,115,130)(H,116,131)(H,117,136)(H,118,123)(H,119,126)(H,120,138)(H,121,137)/t60-,61-,74+,75+,76+,77+,78-,79-,80-,81-,84-,85+,86+,87-/m0/s1. The van der Waals surface area contributed by atoms with Crippen LogP contribution in [0.3, 0.4) is 0 Å². The molecule has 756 valence electrons. The number of thiol groups is 1. The number of aromatic amines is 4. The molecule has 0 saturated heterocycles. The van der Waals surface area contributed by atoms with Crippen molar-refractivity contribution in [2.75, 3.05) is 25.4 Å². The second kappa shape index (κ2) is 53.1. The van der Waals surface area contributed by atoms with Gasteiger partial charge in [0.2, 0.25) is 94.5 Å². The van der Waals surface area contributed by atoms with Gasteiger partial charge in [-0.25, -0.2) is 0 Å². The smallest absolute Gasteiger partial charge is 0.243 e. The first-order valence-electron chi connectivity index (χ1n) is 48.1. The van der Waals surface area contributed by atoms with E-state index < -0.39 is 203 Å². The van der Waals surface area contributed by atoms with Crippen molar-refractivity contribution in [3.8, 4) is 0 Å². The van der Waals surface area contributed by atoms with Crippen LogP contribution >= 0.6 is 12.6 Å². The summed E-state index contributed by atoms with van der Waals surface area (Å²) < 4.78 is 0. The molecule has 0 radical (unpaired) electrons. The molecule has 21 N–H and O–H groups in total. The zero-order valence-corrected chi connectivity index (χ0v) is 83.8. The number of amides is 16. The highest BCUT2D eigenvalue weighted by Crippen LogP contribution is 2.26. The van der Waals surface area contributed by atoms with Crippen LogP contribution < -0.4 is 85.1 Å². The van der Waals surface area contributed by atoms with E-state index in [4.69, 9.17) is 0 Å². The first kappa shape index (κ1) is 111. The van der Waals surface area contributed by atoms with Gasteiger partial charge in [-0.05, 0) is 139 Å². The molecule has 4 aromatic carbocycles. The predicted molar refractivity (Wildman–Crippen MR) is 535 cm³/mol. The molecule has 0 bridgehead atoms. The lowest BCUT2D eigenvalue weighted by Crippen LogP contribution is -2.62. The number of carbonyl (C=O) groups is 16. The molecule has 16 amide bonds. The zero-order chi connectivity index (χ0) is 102. The fraction of sp³-hybridized carbons (Fsp3) is 0.525. The Morgan fingerprint density at radius 2 is 0.525 bits per heavy atom. The Bertz CT molecular complexity index is 5580. The van der Waals surface area contributed by atoms with Crippen molar-refractivity contribution in [1.29, 1.82) is 0 Å². The number of rotatable bonds is 54. The third-order valence-electron chi connectivity index (χ3n) is 24.0. The van der Waals surface area contributed by atoms with Crippen LogP contribution in [0.5, 0.6) is 0 Å². The van der Waals surface area contributed by atoms with E-state index in [2.05, 4.69) is 118 Å². The predicted octanol–water partition coefficient (Wildman–Crippen LogP) is 5.06. The molecule has 38 heteroatoms. The highest BCUT2D eigenvalue weighted by atomic mass is 32.1. The topological polar surface area (TPSA) is 549 Å². The highest BCUT2D eigenvalue weighted by Gasteiger charge is 2.41. The Balaban J connectivity index is 0.994. The van der Waals surface area contributed by atoms with Crippen LogP contribution in [0.15, 0.2) is 122 Å². The summed E-state index contributed by atoms with van der Waals surface area (Å²) in [6.07, 6.45) is 6.70. The number of aliphatic hydroxyl groups excluding tert-OH is 1. The monoisotopic (exact) mass is 1940 g/mol. The van der Waals surface area contributed by atoms with Crippen LogP contribution in [0.25, 0.3) is 43.6 Å². The fourth-order valence-electron chi connectivity index (χ4n) is 16.5. The average molecular weight is 1940 g/mol. The third kappa shape index (κ3) is 33.0. The van der Waals surface area contributed by atoms with Crippen molar-refractivity contribution in [1.82, 2.24) is 105 Å². The van der Waals surface area contributed by atoms with Gasteiger partial charge in [-0.3, -0.25) is 76.7 Å². The van der Waals surface area contributed by atoms with E-state index in [0.717, 1.165) is 27.4 Å². The second-order valence-electron chi connectivity index (χ2n) is 39.0. The Hall–Kier alpha value is -13.1. The largest absolute Gasteiger partial charge is 0.395 e. The number of hydrogen-bond donors (Lipinski definition) is 22. The zero-order valence-electron chi connectivity index (χ0n) is 82.9. The van der Waals surface area contributed by atoms with Crippen molar-refractivity contribution >= 4 is 151 Å². The summed E-state index contributed by atoms with van der Waals surface area (Å²) in [7, 11) is 0. The molecule has 8 rings (SSSR count). The second-order valence-corrected chi connectivity index (χ2v) is 39.4. The van der Waals surface area contributed by atoms with Crippen LogP contribution in [0.2, 0.25) is 0 Å². The molecule has 0 aliphatic heterocycles. The molecule has 0 spiro atoms. The fourth-order valence-corrected chi connectivity index (χ4v) is 16.7. The van der Waals surface area contributed by atoms with E-state index in [1.54, 1.807) is 100 Å². The number of aromatic nitrogens is 4. The lowest BCUT2D eigenvalue weighted by atomic mass is 9.97. The molecule has 0 unspecified atom stereocenters. The van der Waals surface area contributed by atoms with Gasteiger partial charge in [0.05, 0.1) is 13.2 Å². The summed E-state index contributed by atoms with van der Waals surface area (Å²) in [6, 6.07) is 11.1. The van der Waals surface area contributed by atoms with E-state index in [1.165, 1.54) is 13.8 Å². The Morgan fingerprint density at radius 1 is 0.273 bits per heavy atom. The van der Waals surface area contributed by atoms with Crippen molar-refractivity contribution in [2.45, 2.75) is 267 Å². The molecule has 0 saturated carbocycles. The molecule has 14 atom stereocenters. The van der Waals surface area contributed by atoms with Gasteiger partial charge in [0.15, 0.2) is 0 Å². The van der Waals surface area contributed by atoms with Gasteiger partial charge in [-0.2, -0.15) is 12.6 Å². The van der Waals surface area contributed by atoms with Crippen molar-refractivity contribution in [2.24, 2.45) is 47.3 Å². The quantitative estimate of drug-likeness (QED) is 0.0221. The molecule has 0 fully saturated rings. The normalized spacial score (nSPS) is 14.7. The lowest BCUT2D eigenvalue weighted by Gasteiger charge is -2.31. The number of benzene rings is 4. The van der Waals surface area contributed by atoms with Gasteiger partial charge < -0.3 is 110 Å². The first-order chi connectivity index (χ1) is 65.8. The van der Waals surface area contributed by atoms with Crippen LogP contribution in [0, 0.1) is 47.3 Å². The van der Waals surface area contributed by atoms with Crippen LogP contribution in [-0.4, -0.2) is 230 Å². The van der Waals surface area contributed by atoms with Gasteiger partial charge in [0.25, 0.3) is 0 Å². The van der Waals surface area contributed by atoms with E-state index in [9.17, 15) is 53.1 Å². The molecule has 8 aromatic rings. The maximum Gasteiger partial charge on any atom is 0.243 e. The maximum atomic E-state index is 15.6. The summed E-state index contributed by atoms with van der Waals surface area (Å²) >= 11 is 4.06. The van der Waals surface area contributed by atoms with Gasteiger partial charge in [0, 0.05) is 107 Å². The van der Waals surface area contributed by atoms with Crippen molar-refractivity contribution < 1.29 is 81.8 Å². The summed E-state index contributed by atoms with van der Waals surface area (Å²) in [5.41, 5.74) is 5.50. The number of nitrogens with one attached hydrogen (secondary N) is 20. The Kier molecular flexibility index (Phi) is 42.5. The van der Waals surface area contributed by atoms with E-state index >= 15 is 28.8 Å². The molecule has 4 aromatic heterocycles. The van der Waals surface area contributed by atoms with Crippen molar-refractivity contribution in [3.05, 3.63) is 144 Å². The molecular weight excluding hydrogens is 1800 g/mol. The summed E-state index contributed by atoms with van der Waals surface area (Å²) in [5.74, 6) is -14.8. The van der Waals surface area contributed by atoms with Gasteiger partial charge >= 0.3 is 0 Å². The minimum Gasteiger partial charge on any atom is -0.395 e. The first-order valence-corrected chi connectivity index (χ1v) is 48.7. The Morgan fingerprint density at radius 3 is 0.835 bits per heavy atom. The molecule has 0 aliphatic carbocycles. The minimum absolute atomic E-state index is 0.00994. The van der Waals surface area contributed by atoms with Crippen LogP contribution in [-0.2, 0) is 102 Å². The number of para-hydroxylation sites is 4. The highest BCUT2D eigenvalue weighted by molar-refractivity contribution is 7.80. The number of fused-ring (bicyclic) bond motifs is 4. The molecule has 139 heavy (non-hydrogen) atoms. The Labute approximate surface area is 817 Å². The SMILES string of the molecule is CC(C)C[C@@H](NC(=O)[C@H](C)NC(=O)CNC(=O)[C@@H](NC(=O)CCS)C(C)C)C(=O)N[C@@H](C)C(=O)N[C@@H](C(=O)N[C@H](C(=O)N[C@@H](C(=O)N[C@@H](Cc1c[nH]c2ccccc12)C(=O)N[C@H](CC(C)C)C(=O)N[C@@H](Cc1c[nH]c2ccccc12)C(=O)N[C@H](CC(C)C)C(=O)N[C@@H](Cc1c[nH]c2ccccc12)C(=O)N[C@H](CC(C)C)C(=O)N[C@@H](Cc1c[nH]c2ccccc12)C(=O)NCCO)C(C)C)C(C)C)C(C)C. The van der Waals surface area contributed by atoms with Crippen molar-refractivity contribution in [3.63, 3.8) is 0 Å². The lowest BCUT2D eigenvalue weighted by molar-refractivity contribution is -0.137. The minimum atomic E-state index is -1.48. The van der Waals surface area contributed by atoms with Gasteiger partial charge in [-0.15, -0.1) is 0 Å². The molecule has 37 nitrogen and oxygen atoms in total.